The van der Waals surface area contributed by atoms with Crippen molar-refractivity contribution in [2.75, 3.05) is 104 Å². The number of amides is 4. The lowest BCUT2D eigenvalue weighted by Gasteiger charge is -2.36. The predicted octanol–water partition coefficient (Wildman–Crippen LogP) is 14.7. The molecule has 0 unspecified atom stereocenters. The van der Waals surface area contributed by atoms with Crippen LogP contribution < -0.4 is 20.4 Å². The summed E-state index contributed by atoms with van der Waals surface area (Å²) in [7, 11) is 6.36. The highest BCUT2D eigenvalue weighted by atomic mass is 35.7. The Labute approximate surface area is 783 Å². The molecule has 1 saturated heterocycles. The number of carbonyl (C=O) groups is 6. The molecule has 0 bridgehead atoms. The van der Waals surface area contributed by atoms with Gasteiger partial charge in [-0.05, 0) is 184 Å². The first-order valence-electron chi connectivity index (χ1n) is 37.7. The number of nitrogen functional groups attached to an aromatic ring is 1. The first-order valence-corrected chi connectivity index (χ1v) is 47.9. The molecule has 0 aromatic heterocycles. The summed E-state index contributed by atoms with van der Waals surface area (Å²) in [6.07, 6.45) is 3.81. The summed E-state index contributed by atoms with van der Waals surface area (Å²) >= 11 is 5.03. The quantitative estimate of drug-likeness (QED) is 0.0125. The van der Waals surface area contributed by atoms with Gasteiger partial charge in [-0.25, -0.2) is 75.1 Å². The number of halogens is 11. The zero-order valence-corrected chi connectivity index (χ0v) is 81.5. The van der Waals surface area contributed by atoms with Gasteiger partial charge >= 0.3 is 23.0 Å². The SMILES string of the molecule is C.C1CCOC1.CCC.CN(C)C(=O)c1ccc(N)c(F)c1.CN(C)C(=O)c1ccc(S(=O)(=O)Cl)c(F)c1.CN(C)C(=O)c1ccc(S(N)(=O)=O)c(F)c1.CN(C)C(=O)c1ccc([N+](=O)[O-])c(F)c1.CN(C)Cc1ccc(S(=O)(=O)N[Si](C)(C)C(C)(C)C)c(F)c1.CN(C)Cc1ccc(S(N)(=O)=O)c(F)c1.Cl.O=C(Cl)c1ccc([N+](=O)[O-])c(F)c1.O=C(O)c1ccc([N+](=O)[O-])c(F)c1. The van der Waals surface area contributed by atoms with E-state index in [1.165, 1.54) is 136 Å². The molecule has 8 aromatic rings. The summed E-state index contributed by atoms with van der Waals surface area (Å²) in [4.78, 5) is 101. The Bertz CT molecular complexity index is 5680. The minimum Gasteiger partial charge on any atom is -0.478 e. The minimum atomic E-state index is -4.12. The number of aromatic carboxylic acids is 1. The lowest BCUT2D eigenvalue weighted by atomic mass is 10.2. The van der Waals surface area contributed by atoms with E-state index in [0.717, 1.165) is 91.6 Å². The van der Waals surface area contributed by atoms with Crippen molar-refractivity contribution in [3.63, 3.8) is 0 Å². The van der Waals surface area contributed by atoms with Crippen LogP contribution in [0.5, 0.6) is 0 Å². The molecule has 1 fully saturated rings. The summed E-state index contributed by atoms with van der Waals surface area (Å²) in [5, 5.41) is 47.6. The van der Waals surface area contributed by atoms with E-state index < -0.39 is 169 Å². The molecule has 8 N–H and O–H groups in total. The van der Waals surface area contributed by atoms with Crippen molar-refractivity contribution < 1.29 is 122 Å². The second kappa shape index (κ2) is 56.8. The number of nitro benzene ring substituents is 3. The lowest BCUT2D eigenvalue weighted by molar-refractivity contribution is -0.387. The molecule has 35 nitrogen and oxygen atoms in total. The molecule has 738 valence electrons. The van der Waals surface area contributed by atoms with Crippen molar-refractivity contribution in [2.24, 2.45) is 10.3 Å². The molecule has 9 rings (SSSR count). The molecule has 0 saturated carbocycles. The smallest absolute Gasteiger partial charge is 0.335 e. The average Bonchev–Trinajstić information content (AvgIpc) is 0.982. The standard InChI is InChI=1S/C15H27FN2O2SSi.C9H9ClFNO3S.C9H11FN2O3S.C9H9FN2O3.C9H13FN2O2S.C9H11FN2O.C7H3ClFNO3.C7H4FNO4.C4H8O.C3H8.CH4.ClH/c1-15(2,3)22(6,7)17-21(19,20)14-9-8-12(10-13(14)16)11-18(4)5;1-12(2)9(13)6-3-4-8(7(11)5-6)16(10,14)15;1-12(2)9(13)6-3-4-8(7(10)5-6)16(11,14)15;1-11(2)9(13)6-3-4-8(12(14)15)7(10)5-6;1-12(2)6-7-3-4-9(8(10)5-7)15(11,13)14;1-12(2)9(13)6-3-4-8(11)7(10)5-6;8-7(11)4-1-2-6(10(12)13)5(9)3-4;8-5-3-4(7(10)11)1-2-6(5)9(12)13;1-2-4-5-3-1;1-3-2;;/h8-10,17H,11H2,1-7H3;3-5H,1-2H3;3-5H,1-2H3,(H2,11,14,15);3-5H,1-2H3;3-5H,6H2,1-2H3,(H2,11,13,14);3-5H,11H2,1-2H3;1-3H;1-3H,(H,10,11);1-4H2;3H2,1-2H3;1H4;1H. The summed E-state index contributed by atoms with van der Waals surface area (Å²) in [6.45, 7) is 17.2. The molecular weight excluding hydrogens is 1930 g/mol. The number of carboxylic acids is 1. The number of nitro groups is 3. The monoisotopic (exact) mass is 2040 g/mol. The third kappa shape index (κ3) is 44.1. The predicted molar refractivity (Wildman–Crippen MR) is 493 cm³/mol. The van der Waals surface area contributed by atoms with Crippen molar-refractivity contribution in [1.82, 2.24) is 33.8 Å². The lowest BCUT2D eigenvalue weighted by Crippen LogP contribution is -2.54. The Hall–Kier alpha value is -11.1. The van der Waals surface area contributed by atoms with Crippen LogP contribution in [-0.4, -0.2) is 224 Å². The van der Waals surface area contributed by atoms with Gasteiger partial charge in [0, 0.05) is 139 Å². The molecule has 0 atom stereocenters. The van der Waals surface area contributed by atoms with Crippen LogP contribution in [0.2, 0.25) is 18.1 Å². The van der Waals surface area contributed by atoms with Gasteiger partial charge in [-0.2, -0.15) is 13.2 Å². The van der Waals surface area contributed by atoms with Gasteiger partial charge in [-0.3, -0.25) is 54.3 Å². The minimum absolute atomic E-state index is 0. The number of nitrogens with one attached hydrogen (secondary N) is 1. The van der Waals surface area contributed by atoms with E-state index in [1.54, 1.807) is 26.2 Å². The molecular formula is C82H108Cl3F8N13O22S4Si. The van der Waals surface area contributed by atoms with Gasteiger partial charge in [0.2, 0.25) is 47.5 Å². The number of sulfonamides is 3. The van der Waals surface area contributed by atoms with Crippen LogP contribution in [-0.2, 0) is 56.9 Å². The van der Waals surface area contributed by atoms with Gasteiger partial charge in [0.1, 0.15) is 56.9 Å². The van der Waals surface area contributed by atoms with Crippen molar-refractivity contribution in [1.29, 1.82) is 0 Å². The fourth-order valence-electron chi connectivity index (χ4n) is 9.26. The number of rotatable bonds is 19. The molecule has 0 aliphatic carbocycles. The van der Waals surface area contributed by atoms with Gasteiger partial charge in [0.05, 0.1) is 26.0 Å². The first-order chi connectivity index (χ1) is 59.9. The molecule has 0 spiro atoms. The summed E-state index contributed by atoms with van der Waals surface area (Å²) in [5.74, 6) is -10.2. The first kappa shape index (κ1) is 126. The number of anilines is 1. The molecule has 1 heterocycles. The normalized spacial score (nSPS) is 11.3. The van der Waals surface area contributed by atoms with Crippen molar-refractivity contribution in [3.8, 4) is 0 Å². The highest BCUT2D eigenvalue weighted by Gasteiger charge is 2.40. The number of primary sulfonamides is 2. The number of ether oxygens (including phenoxy) is 1. The van der Waals surface area contributed by atoms with Gasteiger partial charge in [-0.1, -0.05) is 73.7 Å². The molecule has 0 radical (unpaired) electrons. The van der Waals surface area contributed by atoms with Gasteiger partial charge in [0.25, 0.3) is 37.9 Å². The van der Waals surface area contributed by atoms with Crippen LogP contribution in [0, 0.1) is 76.9 Å². The molecule has 1 aliphatic rings. The molecule has 4 amide bonds. The van der Waals surface area contributed by atoms with E-state index in [4.69, 9.17) is 48.1 Å². The maximum Gasteiger partial charge on any atom is 0.335 e. The maximum atomic E-state index is 14.2. The zero-order chi connectivity index (χ0) is 102. The molecule has 51 heteroatoms. The Morgan fingerprint density at radius 3 is 0.962 bits per heavy atom. The fourth-order valence-corrected chi connectivity index (χ4v) is 16.4. The number of benzene rings is 8. The van der Waals surface area contributed by atoms with Crippen molar-refractivity contribution in [3.05, 3.63) is 267 Å². The topological polar surface area (TPSA) is 507 Å². The van der Waals surface area contributed by atoms with Gasteiger partial charge < -0.3 is 45.0 Å². The van der Waals surface area contributed by atoms with Gasteiger partial charge in [-0.15, -0.1) is 12.4 Å². The number of nitrogens with zero attached hydrogens (tertiary/aromatic N) is 9. The van der Waals surface area contributed by atoms with Crippen LogP contribution in [0.25, 0.3) is 0 Å². The van der Waals surface area contributed by atoms with Crippen LogP contribution in [0.1, 0.15) is 135 Å². The molecule has 1 aliphatic heterocycles. The number of nitrogens with two attached hydrogens (primary N) is 3. The van der Waals surface area contributed by atoms with Crippen LogP contribution in [0.4, 0.5) is 57.9 Å². The third-order valence-electron chi connectivity index (χ3n) is 16.6. The number of hydrogen-bond donors (Lipinski definition) is 5. The molecule has 8 aromatic carbocycles. The van der Waals surface area contributed by atoms with E-state index >= 15 is 0 Å². The highest BCUT2D eigenvalue weighted by Crippen LogP contribution is 2.36. The summed E-state index contributed by atoms with van der Waals surface area (Å²) in [5.41, 5.74) is 4.81. The van der Waals surface area contributed by atoms with E-state index in [2.05, 4.69) is 18.2 Å². The Balaban J connectivity index is -0.00000144. The largest absolute Gasteiger partial charge is 0.478 e. The summed E-state index contributed by atoms with van der Waals surface area (Å²) in [6, 6.07) is 26.5. The average molecular weight is 2040 g/mol. The number of hydrogen-bond acceptors (Lipinski definition) is 24. The van der Waals surface area contributed by atoms with E-state index in [1.807, 2.05) is 71.9 Å². The molecule has 133 heavy (non-hydrogen) atoms. The van der Waals surface area contributed by atoms with Crippen molar-refractivity contribution in [2.45, 2.75) is 112 Å². The van der Waals surface area contributed by atoms with E-state index in [-0.39, 0.29) is 69.2 Å². The Morgan fingerprint density at radius 2 is 0.714 bits per heavy atom. The Kier molecular flexibility index (Phi) is 53.8. The second-order valence-corrected chi connectivity index (χ2v) is 43.2. The van der Waals surface area contributed by atoms with E-state index in [9.17, 15) is 128 Å². The maximum absolute atomic E-state index is 14.2. The number of carbonyl (C=O) groups excluding carboxylic acids is 5. The van der Waals surface area contributed by atoms with Gasteiger partial charge in [0.15, 0.2) is 0 Å². The van der Waals surface area contributed by atoms with E-state index in [0.29, 0.717) is 30.3 Å². The number of carboxylic acid groups (broad SMARTS) is 1. The summed E-state index contributed by atoms with van der Waals surface area (Å²) < 4.78 is 204. The highest BCUT2D eigenvalue weighted by molar-refractivity contribution is 8.13. The Morgan fingerprint density at radius 1 is 0.451 bits per heavy atom. The zero-order valence-electron chi connectivity index (χ0n) is 74.9. The van der Waals surface area contributed by atoms with Crippen molar-refractivity contribution >= 4 is 140 Å². The second-order valence-electron chi connectivity index (χ2n) is 30.2. The fraction of sp³-hybridized carbons (Fsp3) is 0.341. The third-order valence-corrected chi connectivity index (χ3v) is 27.9. The van der Waals surface area contributed by atoms with Crippen LogP contribution in [0.3, 0.4) is 0 Å². The van der Waals surface area contributed by atoms with Crippen LogP contribution in [0.15, 0.2) is 165 Å². The van der Waals surface area contributed by atoms with Crippen LogP contribution >= 0.6 is 34.7 Å².